The zero-order valence-electron chi connectivity index (χ0n) is 15.0. The van der Waals surface area contributed by atoms with E-state index in [9.17, 15) is 22.0 Å². The lowest BCUT2D eigenvalue weighted by atomic mass is 10.0. The average Bonchev–Trinajstić information content (AvgIpc) is 2.58. The van der Waals surface area contributed by atoms with Gasteiger partial charge in [0.05, 0.1) is 11.8 Å². The van der Waals surface area contributed by atoms with Crippen molar-refractivity contribution in [3.8, 4) is 5.75 Å². The molecule has 0 aliphatic carbocycles. The Morgan fingerprint density at radius 1 is 1.15 bits per heavy atom. The smallest absolute Gasteiger partial charge is 0.387 e. The van der Waals surface area contributed by atoms with E-state index in [2.05, 4.69) is 10.1 Å². The van der Waals surface area contributed by atoms with Gasteiger partial charge in [0, 0.05) is 17.4 Å². The van der Waals surface area contributed by atoms with Crippen LogP contribution in [0.2, 0.25) is 0 Å². The number of benzene rings is 2. The highest BCUT2D eigenvalue weighted by Crippen LogP contribution is 2.28. The number of rotatable bonds is 8. The molecule has 2 aromatic rings. The molecular weight excluding hydrogens is 376 g/mol. The second kappa shape index (κ2) is 8.94. The maximum absolute atomic E-state index is 12.6. The lowest BCUT2D eigenvalue weighted by Gasteiger charge is -2.20. The van der Waals surface area contributed by atoms with E-state index in [1.165, 1.54) is 12.1 Å². The van der Waals surface area contributed by atoms with Gasteiger partial charge in [0.2, 0.25) is 0 Å². The number of halogens is 2. The van der Waals surface area contributed by atoms with Gasteiger partial charge in [-0.05, 0) is 30.2 Å². The van der Waals surface area contributed by atoms with Gasteiger partial charge in [0.15, 0.2) is 9.84 Å². The molecule has 0 saturated heterocycles. The highest BCUT2D eigenvalue weighted by molar-refractivity contribution is 7.89. The Balaban J connectivity index is 2.22. The van der Waals surface area contributed by atoms with E-state index < -0.39 is 28.4 Å². The van der Waals surface area contributed by atoms with Crippen molar-refractivity contribution >= 4 is 15.7 Å². The molecule has 0 radical (unpaired) electrons. The third kappa shape index (κ3) is 6.32. The molecule has 2 aromatic carbocycles. The van der Waals surface area contributed by atoms with Crippen LogP contribution in [0.15, 0.2) is 48.5 Å². The first-order valence-corrected chi connectivity index (χ1v) is 10.4. The van der Waals surface area contributed by atoms with Crippen LogP contribution in [0.3, 0.4) is 0 Å². The van der Waals surface area contributed by atoms with E-state index >= 15 is 0 Å². The number of alkyl halides is 2. The Kier molecular flexibility index (Phi) is 6.90. The third-order valence-electron chi connectivity index (χ3n) is 3.84. The Morgan fingerprint density at radius 3 is 2.48 bits per heavy atom. The van der Waals surface area contributed by atoms with Gasteiger partial charge in [-0.2, -0.15) is 8.78 Å². The number of sulfone groups is 1. The largest absolute Gasteiger partial charge is 0.434 e. The molecule has 1 amide bonds. The van der Waals surface area contributed by atoms with Crippen LogP contribution in [-0.2, 0) is 15.6 Å². The van der Waals surface area contributed by atoms with Crippen LogP contribution in [-0.4, -0.2) is 27.2 Å². The molecule has 0 aliphatic heterocycles. The maximum atomic E-state index is 12.6. The molecule has 0 fully saturated rings. The summed E-state index contributed by atoms with van der Waals surface area (Å²) in [5.74, 6) is -0.592. The summed E-state index contributed by atoms with van der Waals surface area (Å²) in [5, 5.41) is 2.79. The van der Waals surface area contributed by atoms with Gasteiger partial charge in [-0.3, -0.25) is 4.79 Å². The molecule has 0 spiro atoms. The topological polar surface area (TPSA) is 72.5 Å². The first-order valence-electron chi connectivity index (χ1n) is 8.31. The summed E-state index contributed by atoms with van der Waals surface area (Å²) in [6.45, 7) is -1.16. The lowest BCUT2D eigenvalue weighted by molar-refractivity contribution is -0.0506. The molecule has 27 heavy (non-hydrogen) atoms. The number of hydrogen-bond donors (Lipinski definition) is 1. The second-order valence-corrected chi connectivity index (χ2v) is 8.26. The van der Waals surface area contributed by atoms with E-state index in [0.29, 0.717) is 23.1 Å². The zero-order chi connectivity index (χ0) is 20.0. The minimum atomic E-state index is -3.23. The summed E-state index contributed by atoms with van der Waals surface area (Å²) < 4.78 is 52.7. The Bertz CT molecular complexity index is 900. The van der Waals surface area contributed by atoms with Crippen molar-refractivity contribution in [2.75, 3.05) is 6.26 Å². The fraction of sp³-hybridized carbons (Fsp3) is 0.316. The van der Waals surface area contributed by atoms with Crippen molar-refractivity contribution in [3.05, 3.63) is 65.2 Å². The highest BCUT2D eigenvalue weighted by Gasteiger charge is 2.19. The summed E-state index contributed by atoms with van der Waals surface area (Å²) in [4.78, 5) is 12.6. The molecule has 5 nitrogen and oxygen atoms in total. The molecule has 146 valence electrons. The fourth-order valence-corrected chi connectivity index (χ4v) is 3.50. The van der Waals surface area contributed by atoms with Crippen molar-refractivity contribution in [2.45, 2.75) is 31.8 Å². The van der Waals surface area contributed by atoms with Gasteiger partial charge in [-0.15, -0.1) is 0 Å². The minimum absolute atomic E-state index is 0.00507. The summed E-state index contributed by atoms with van der Waals surface area (Å²) >= 11 is 0. The molecule has 1 atom stereocenters. The van der Waals surface area contributed by atoms with E-state index in [0.717, 1.165) is 6.26 Å². The molecule has 0 heterocycles. The van der Waals surface area contributed by atoms with Crippen molar-refractivity contribution in [1.82, 2.24) is 5.32 Å². The predicted octanol–water partition coefficient (Wildman–Crippen LogP) is 3.71. The van der Waals surface area contributed by atoms with Crippen molar-refractivity contribution in [3.63, 3.8) is 0 Å². The SMILES string of the molecule is CCC(NC(=O)c1cccc(CS(C)(=O)=O)c1)c1ccccc1OC(F)F. The third-order valence-corrected chi connectivity index (χ3v) is 4.70. The van der Waals surface area contributed by atoms with Crippen LogP contribution in [0.4, 0.5) is 8.78 Å². The van der Waals surface area contributed by atoms with Gasteiger partial charge in [0.1, 0.15) is 5.75 Å². The predicted molar refractivity (Wildman–Crippen MR) is 98.6 cm³/mol. The van der Waals surface area contributed by atoms with E-state index in [4.69, 9.17) is 0 Å². The molecule has 2 rings (SSSR count). The van der Waals surface area contributed by atoms with Gasteiger partial charge >= 0.3 is 6.61 Å². The fourth-order valence-electron chi connectivity index (χ4n) is 2.72. The summed E-state index contributed by atoms with van der Waals surface area (Å²) in [5.41, 5.74) is 1.24. The van der Waals surface area contributed by atoms with Crippen LogP contribution < -0.4 is 10.1 Å². The summed E-state index contributed by atoms with van der Waals surface area (Å²) in [7, 11) is -3.23. The number of carbonyl (C=O) groups is 1. The Labute approximate surface area is 157 Å². The molecule has 0 aliphatic rings. The first-order chi connectivity index (χ1) is 12.7. The van der Waals surface area contributed by atoms with E-state index in [1.54, 1.807) is 36.4 Å². The highest BCUT2D eigenvalue weighted by atomic mass is 32.2. The molecular formula is C19H21F2NO4S. The van der Waals surface area contributed by atoms with E-state index in [1.807, 2.05) is 6.92 Å². The summed E-state index contributed by atoms with van der Waals surface area (Å²) in [6.07, 6.45) is 1.57. The number of amides is 1. The molecule has 0 saturated carbocycles. The van der Waals surface area contributed by atoms with Crippen LogP contribution in [0.5, 0.6) is 5.75 Å². The molecule has 8 heteroatoms. The van der Waals surface area contributed by atoms with Gasteiger partial charge < -0.3 is 10.1 Å². The number of nitrogens with one attached hydrogen (secondary N) is 1. The van der Waals surface area contributed by atoms with Crippen LogP contribution in [0.1, 0.15) is 40.9 Å². The number of hydrogen-bond acceptors (Lipinski definition) is 4. The maximum Gasteiger partial charge on any atom is 0.387 e. The van der Waals surface area contributed by atoms with Crippen molar-refractivity contribution in [1.29, 1.82) is 0 Å². The Hall–Kier alpha value is -2.48. The van der Waals surface area contributed by atoms with Crippen molar-refractivity contribution < 1.29 is 26.7 Å². The molecule has 1 unspecified atom stereocenters. The quantitative estimate of drug-likeness (QED) is 0.737. The van der Waals surface area contributed by atoms with Gasteiger partial charge in [-0.25, -0.2) is 8.42 Å². The Morgan fingerprint density at radius 2 is 1.85 bits per heavy atom. The van der Waals surface area contributed by atoms with Crippen LogP contribution in [0, 0.1) is 0 Å². The van der Waals surface area contributed by atoms with E-state index in [-0.39, 0.29) is 11.5 Å². The molecule has 0 bridgehead atoms. The van der Waals surface area contributed by atoms with Crippen molar-refractivity contribution in [2.24, 2.45) is 0 Å². The molecule has 0 aromatic heterocycles. The minimum Gasteiger partial charge on any atom is -0.434 e. The normalized spacial score (nSPS) is 12.6. The summed E-state index contributed by atoms with van der Waals surface area (Å²) in [6, 6.07) is 12.0. The number of ether oxygens (including phenoxy) is 1. The number of para-hydroxylation sites is 1. The van der Waals surface area contributed by atoms with Crippen LogP contribution in [0.25, 0.3) is 0 Å². The average molecular weight is 397 g/mol. The standard InChI is InChI=1S/C19H21F2NO4S/c1-3-16(15-9-4-5-10-17(15)26-19(20)21)22-18(23)14-8-6-7-13(11-14)12-27(2,24)25/h4-11,16,19H,3,12H2,1-2H3,(H,22,23). The monoisotopic (exact) mass is 397 g/mol. The number of carbonyl (C=O) groups excluding carboxylic acids is 1. The van der Waals surface area contributed by atoms with Crippen LogP contribution >= 0.6 is 0 Å². The first kappa shape index (κ1) is 20.8. The zero-order valence-corrected chi connectivity index (χ0v) is 15.8. The van der Waals surface area contributed by atoms with Gasteiger partial charge in [0.25, 0.3) is 5.91 Å². The molecule has 1 N–H and O–H groups in total. The van der Waals surface area contributed by atoms with Gasteiger partial charge in [-0.1, -0.05) is 37.3 Å². The second-order valence-electron chi connectivity index (χ2n) is 6.12. The lowest BCUT2D eigenvalue weighted by Crippen LogP contribution is -2.28.